The first-order valence-corrected chi connectivity index (χ1v) is 6.46. The second-order valence-electron chi connectivity index (χ2n) is 5.37. The molecule has 2 unspecified atom stereocenters. The summed E-state index contributed by atoms with van der Waals surface area (Å²) in [5.74, 6) is 0. The van der Waals surface area contributed by atoms with Crippen molar-refractivity contribution in [1.29, 1.82) is 0 Å². The van der Waals surface area contributed by atoms with Crippen LogP contribution in [0.25, 0.3) is 0 Å². The molecular formula is C14H19F3N2. The molecule has 0 aromatic heterocycles. The zero-order valence-electron chi connectivity index (χ0n) is 11.1. The van der Waals surface area contributed by atoms with Gasteiger partial charge >= 0.3 is 6.18 Å². The van der Waals surface area contributed by atoms with Gasteiger partial charge in [0.25, 0.3) is 0 Å². The fraction of sp³-hybridized carbons (Fsp3) is 0.571. The summed E-state index contributed by atoms with van der Waals surface area (Å²) in [4.78, 5) is 1.49. The minimum Gasteiger partial charge on any atom is -0.324 e. The minimum absolute atomic E-state index is 0.171. The molecule has 0 spiro atoms. The van der Waals surface area contributed by atoms with Gasteiger partial charge in [-0.3, -0.25) is 4.90 Å². The van der Waals surface area contributed by atoms with Crippen molar-refractivity contribution >= 4 is 0 Å². The zero-order valence-corrected chi connectivity index (χ0v) is 11.1. The molecule has 2 atom stereocenters. The Balaban J connectivity index is 2.30. The molecule has 0 fully saturated rings. The van der Waals surface area contributed by atoms with Gasteiger partial charge in [0, 0.05) is 18.1 Å². The topological polar surface area (TPSA) is 29.3 Å². The minimum atomic E-state index is -4.19. The van der Waals surface area contributed by atoms with Crippen LogP contribution in [0.3, 0.4) is 0 Å². The van der Waals surface area contributed by atoms with Crippen LogP contribution in [0.15, 0.2) is 24.3 Å². The molecule has 0 aliphatic heterocycles. The Bertz CT molecular complexity index is 443. The third-order valence-electron chi connectivity index (χ3n) is 3.66. The van der Waals surface area contributed by atoms with Crippen molar-refractivity contribution in [2.24, 2.45) is 5.73 Å². The Kier molecular flexibility index (Phi) is 3.87. The number of benzene rings is 1. The van der Waals surface area contributed by atoms with Crippen LogP contribution < -0.4 is 5.73 Å². The van der Waals surface area contributed by atoms with E-state index in [0.717, 1.165) is 11.1 Å². The Morgan fingerprint density at radius 3 is 2.37 bits per heavy atom. The van der Waals surface area contributed by atoms with Crippen molar-refractivity contribution < 1.29 is 13.2 Å². The molecule has 1 aliphatic carbocycles. The Labute approximate surface area is 111 Å². The van der Waals surface area contributed by atoms with Gasteiger partial charge in [0.1, 0.15) is 0 Å². The van der Waals surface area contributed by atoms with Gasteiger partial charge in [-0.1, -0.05) is 24.3 Å². The predicted octanol–water partition coefficient (Wildman–Crippen LogP) is 3.40. The highest BCUT2D eigenvalue weighted by atomic mass is 19.4. The van der Waals surface area contributed by atoms with Gasteiger partial charge in [0.15, 0.2) is 0 Å². The number of halogens is 3. The molecule has 106 valence electrons. The van der Waals surface area contributed by atoms with E-state index in [-0.39, 0.29) is 18.1 Å². The van der Waals surface area contributed by atoms with Crippen LogP contribution >= 0.6 is 0 Å². The lowest BCUT2D eigenvalue weighted by atomic mass is 10.1. The van der Waals surface area contributed by atoms with E-state index in [1.165, 1.54) is 4.90 Å². The number of nitrogens with zero attached hydrogens (tertiary/aromatic N) is 1. The summed E-state index contributed by atoms with van der Waals surface area (Å²) >= 11 is 0. The molecular weight excluding hydrogens is 253 g/mol. The lowest BCUT2D eigenvalue weighted by molar-refractivity contribution is -0.155. The summed E-state index contributed by atoms with van der Waals surface area (Å²) < 4.78 is 38.2. The van der Waals surface area contributed by atoms with Crippen molar-refractivity contribution in [3.63, 3.8) is 0 Å². The van der Waals surface area contributed by atoms with Crippen molar-refractivity contribution in [3.8, 4) is 0 Å². The van der Waals surface area contributed by atoms with Crippen molar-refractivity contribution in [2.75, 3.05) is 6.54 Å². The van der Waals surface area contributed by atoms with Crippen LogP contribution in [0, 0.1) is 0 Å². The molecule has 2 nitrogen and oxygen atoms in total. The zero-order chi connectivity index (χ0) is 14.2. The largest absolute Gasteiger partial charge is 0.401 e. The Hall–Kier alpha value is -1.07. The number of alkyl halides is 3. The summed E-state index contributed by atoms with van der Waals surface area (Å²) in [6, 6.07) is 6.94. The normalized spacial score (nSPS) is 23.2. The van der Waals surface area contributed by atoms with E-state index in [1.807, 2.05) is 24.3 Å². The maximum absolute atomic E-state index is 12.7. The fourth-order valence-corrected chi connectivity index (χ4v) is 2.82. The van der Waals surface area contributed by atoms with Crippen LogP contribution in [-0.2, 0) is 0 Å². The number of nitrogens with two attached hydrogens (primary N) is 1. The summed E-state index contributed by atoms with van der Waals surface area (Å²) in [7, 11) is 0. The van der Waals surface area contributed by atoms with Gasteiger partial charge in [-0.2, -0.15) is 13.2 Å². The summed E-state index contributed by atoms with van der Waals surface area (Å²) in [6.45, 7) is 2.69. The SMILES string of the molecule is CC(C)N(CC(F)(F)F)C1CC(N)c2ccccc21. The highest BCUT2D eigenvalue weighted by Gasteiger charge is 2.39. The van der Waals surface area contributed by atoms with Gasteiger partial charge in [-0.05, 0) is 31.4 Å². The molecule has 1 aliphatic rings. The number of hydrogen-bond acceptors (Lipinski definition) is 2. The van der Waals surface area contributed by atoms with Gasteiger partial charge < -0.3 is 5.73 Å². The van der Waals surface area contributed by atoms with Gasteiger partial charge in [0.05, 0.1) is 6.54 Å². The van der Waals surface area contributed by atoms with E-state index in [0.29, 0.717) is 6.42 Å². The second-order valence-corrected chi connectivity index (χ2v) is 5.37. The second kappa shape index (κ2) is 5.13. The Morgan fingerprint density at radius 1 is 1.26 bits per heavy atom. The average molecular weight is 272 g/mol. The van der Waals surface area contributed by atoms with Crippen LogP contribution in [-0.4, -0.2) is 23.7 Å². The molecule has 1 aromatic carbocycles. The number of fused-ring (bicyclic) bond motifs is 1. The third-order valence-corrected chi connectivity index (χ3v) is 3.66. The molecule has 2 N–H and O–H groups in total. The molecule has 0 radical (unpaired) electrons. The maximum atomic E-state index is 12.7. The van der Waals surface area contributed by atoms with Crippen LogP contribution in [0.5, 0.6) is 0 Å². The average Bonchev–Trinajstić information content (AvgIpc) is 2.63. The lowest BCUT2D eigenvalue weighted by Gasteiger charge is -2.33. The van der Waals surface area contributed by atoms with E-state index in [9.17, 15) is 13.2 Å². The van der Waals surface area contributed by atoms with E-state index >= 15 is 0 Å². The molecule has 0 saturated heterocycles. The van der Waals surface area contributed by atoms with Crippen molar-refractivity contribution in [2.45, 2.75) is 44.6 Å². The third kappa shape index (κ3) is 3.09. The van der Waals surface area contributed by atoms with Gasteiger partial charge in [-0.25, -0.2) is 0 Å². The predicted molar refractivity (Wildman–Crippen MR) is 68.6 cm³/mol. The fourth-order valence-electron chi connectivity index (χ4n) is 2.82. The first kappa shape index (κ1) is 14.3. The number of rotatable bonds is 3. The molecule has 2 rings (SSSR count). The van der Waals surface area contributed by atoms with E-state index in [4.69, 9.17) is 5.73 Å². The molecule has 0 amide bonds. The summed E-state index contributed by atoms with van der Waals surface area (Å²) in [5.41, 5.74) is 7.94. The monoisotopic (exact) mass is 272 g/mol. The van der Waals surface area contributed by atoms with Crippen molar-refractivity contribution in [3.05, 3.63) is 35.4 Å². The van der Waals surface area contributed by atoms with E-state index < -0.39 is 12.7 Å². The van der Waals surface area contributed by atoms with E-state index in [1.54, 1.807) is 13.8 Å². The number of hydrogen-bond donors (Lipinski definition) is 1. The highest BCUT2D eigenvalue weighted by Crippen LogP contribution is 2.42. The molecule has 0 heterocycles. The van der Waals surface area contributed by atoms with Crippen molar-refractivity contribution in [1.82, 2.24) is 4.90 Å². The summed E-state index contributed by atoms with van der Waals surface area (Å²) in [6.07, 6.45) is -3.64. The lowest BCUT2D eigenvalue weighted by Crippen LogP contribution is -2.41. The highest BCUT2D eigenvalue weighted by molar-refractivity contribution is 5.37. The Morgan fingerprint density at radius 2 is 1.84 bits per heavy atom. The molecule has 0 saturated carbocycles. The standard InChI is InChI=1S/C14H19F3N2/c1-9(2)19(8-14(15,16)17)13-7-12(18)10-5-3-4-6-11(10)13/h3-6,9,12-13H,7-8,18H2,1-2H3. The van der Waals surface area contributed by atoms with Gasteiger partial charge in [-0.15, -0.1) is 0 Å². The van der Waals surface area contributed by atoms with Crippen LogP contribution in [0.4, 0.5) is 13.2 Å². The maximum Gasteiger partial charge on any atom is 0.401 e. The summed E-state index contributed by atoms with van der Waals surface area (Å²) in [5, 5.41) is 0. The van der Waals surface area contributed by atoms with Gasteiger partial charge in [0.2, 0.25) is 0 Å². The first-order chi connectivity index (χ1) is 8.79. The molecule has 0 bridgehead atoms. The smallest absolute Gasteiger partial charge is 0.324 e. The van der Waals surface area contributed by atoms with E-state index in [2.05, 4.69) is 0 Å². The van der Waals surface area contributed by atoms with Crippen LogP contribution in [0.1, 0.15) is 43.5 Å². The molecule has 1 aromatic rings. The quantitative estimate of drug-likeness (QED) is 0.913. The molecule has 5 heteroatoms. The first-order valence-electron chi connectivity index (χ1n) is 6.46. The molecule has 19 heavy (non-hydrogen) atoms. The van der Waals surface area contributed by atoms with Crippen LogP contribution in [0.2, 0.25) is 0 Å².